The summed E-state index contributed by atoms with van der Waals surface area (Å²) in [5.74, 6) is -0.184. The van der Waals surface area contributed by atoms with Gasteiger partial charge >= 0.3 is 0 Å². The predicted molar refractivity (Wildman–Crippen MR) is 155 cm³/mol. The quantitative estimate of drug-likeness (QED) is 0.207. The Morgan fingerprint density at radius 3 is 2.62 bits per heavy atom. The van der Waals surface area contributed by atoms with Gasteiger partial charge in [0.1, 0.15) is 0 Å². The lowest BCUT2D eigenvalue weighted by Gasteiger charge is -2.22. The largest absolute Gasteiger partial charge is 0.384 e. The van der Waals surface area contributed by atoms with E-state index in [-0.39, 0.29) is 11.7 Å². The van der Waals surface area contributed by atoms with E-state index in [0.717, 1.165) is 27.5 Å². The second kappa shape index (κ2) is 11.7. The molecule has 1 aliphatic rings. The van der Waals surface area contributed by atoms with Gasteiger partial charge in [-0.3, -0.25) is 19.5 Å². The summed E-state index contributed by atoms with van der Waals surface area (Å²) in [4.78, 5) is 40.0. The average molecular weight is 532 g/mol. The summed E-state index contributed by atoms with van der Waals surface area (Å²) >= 11 is 5.92. The van der Waals surface area contributed by atoms with Crippen LogP contribution in [0.1, 0.15) is 36.7 Å². The Morgan fingerprint density at radius 1 is 1.16 bits per heavy atom. The van der Waals surface area contributed by atoms with E-state index in [1.54, 1.807) is 29.4 Å². The minimum atomic E-state index is -0.138. The summed E-state index contributed by atoms with van der Waals surface area (Å²) in [5, 5.41) is 3.84. The van der Waals surface area contributed by atoms with Crippen LogP contribution in [0.2, 0.25) is 0 Å². The highest BCUT2D eigenvalue weighted by Crippen LogP contribution is 2.39. The molecule has 1 aromatic heterocycles. The van der Waals surface area contributed by atoms with Crippen LogP contribution in [0.5, 0.6) is 0 Å². The number of Topliss-reactive ketones (excluding diaryl/α,β-unsaturated/α-hetero) is 1. The molecule has 0 radical (unpaired) electrons. The van der Waals surface area contributed by atoms with Gasteiger partial charge in [-0.2, -0.15) is 0 Å². The van der Waals surface area contributed by atoms with E-state index in [1.165, 1.54) is 18.7 Å². The number of thioether (sulfide) groups is 1. The first kappa shape index (κ1) is 26.5. The van der Waals surface area contributed by atoms with Gasteiger partial charge in [-0.25, -0.2) is 4.99 Å². The Morgan fingerprint density at radius 2 is 1.95 bits per heavy atom. The van der Waals surface area contributed by atoms with Crippen LogP contribution in [0.15, 0.2) is 87.5 Å². The van der Waals surface area contributed by atoms with Crippen LogP contribution in [0.4, 0.5) is 17.1 Å². The molecular weight excluding hydrogens is 502 g/mol. The fourth-order valence-corrected chi connectivity index (χ4v) is 5.27. The highest BCUT2D eigenvalue weighted by atomic mass is 32.2. The summed E-state index contributed by atoms with van der Waals surface area (Å²) in [6.07, 6.45) is 3.45. The van der Waals surface area contributed by atoms with Crippen molar-refractivity contribution in [1.29, 1.82) is 0 Å². The number of ketones is 1. The standard InChI is InChI=1S/C28H29N5O2S2/c1-5-30-22-13-12-21(19(3)34)15-23(22)31-28-33(17-20-9-8-14-29-16-20)27(35)26(37-28)18(2)32(4)24-10-6-7-11-25(24)36/h6-16,30,36H,5,17H2,1-4H3/b26-18+,31-28?. The lowest BCUT2D eigenvalue weighted by atomic mass is 10.1. The lowest BCUT2D eigenvalue weighted by Crippen LogP contribution is -2.29. The second-order valence-electron chi connectivity index (χ2n) is 8.53. The van der Waals surface area contributed by atoms with E-state index in [9.17, 15) is 9.59 Å². The van der Waals surface area contributed by atoms with Crippen LogP contribution in [-0.2, 0) is 11.3 Å². The smallest absolute Gasteiger partial charge is 0.268 e. The number of pyridine rings is 1. The molecule has 190 valence electrons. The van der Waals surface area contributed by atoms with Crippen LogP contribution >= 0.6 is 24.4 Å². The van der Waals surface area contributed by atoms with E-state index < -0.39 is 0 Å². The number of amidine groups is 1. The van der Waals surface area contributed by atoms with Crippen molar-refractivity contribution in [3.8, 4) is 0 Å². The Hall–Kier alpha value is -3.56. The molecule has 4 rings (SSSR count). The summed E-state index contributed by atoms with van der Waals surface area (Å²) in [6, 6.07) is 16.9. The molecule has 0 atom stereocenters. The number of nitrogens with zero attached hydrogens (tertiary/aromatic N) is 4. The minimum absolute atomic E-state index is 0.0460. The van der Waals surface area contributed by atoms with Gasteiger partial charge in [-0.1, -0.05) is 18.2 Å². The molecule has 3 aromatic rings. The van der Waals surface area contributed by atoms with Crippen molar-refractivity contribution < 1.29 is 9.59 Å². The molecule has 1 fully saturated rings. The number of rotatable bonds is 8. The van der Waals surface area contributed by atoms with E-state index >= 15 is 0 Å². The maximum absolute atomic E-state index is 13.8. The molecule has 1 amide bonds. The molecule has 37 heavy (non-hydrogen) atoms. The molecule has 0 spiro atoms. The van der Waals surface area contributed by atoms with Gasteiger partial charge < -0.3 is 10.2 Å². The molecule has 0 bridgehead atoms. The van der Waals surface area contributed by atoms with Gasteiger partial charge in [-0.15, -0.1) is 12.6 Å². The molecule has 0 unspecified atom stereocenters. The highest BCUT2D eigenvalue weighted by molar-refractivity contribution is 8.18. The summed E-state index contributed by atoms with van der Waals surface area (Å²) in [5.41, 5.74) is 4.55. The van der Waals surface area contributed by atoms with E-state index in [0.29, 0.717) is 34.4 Å². The van der Waals surface area contributed by atoms with Crippen LogP contribution in [-0.4, -0.2) is 40.3 Å². The first-order valence-electron chi connectivity index (χ1n) is 11.9. The first-order chi connectivity index (χ1) is 17.8. The van der Waals surface area contributed by atoms with E-state index in [1.807, 2.05) is 68.3 Å². The molecule has 9 heteroatoms. The molecule has 2 aromatic carbocycles. The molecule has 1 aliphatic heterocycles. The molecule has 2 heterocycles. The van der Waals surface area contributed by atoms with Crippen LogP contribution in [0.3, 0.4) is 0 Å². The number of amides is 1. The average Bonchev–Trinajstić information content (AvgIpc) is 3.19. The van der Waals surface area contributed by atoms with Gasteiger partial charge in [0.05, 0.1) is 28.5 Å². The number of nitrogens with one attached hydrogen (secondary N) is 1. The molecule has 0 aliphatic carbocycles. The normalized spacial score (nSPS) is 15.8. The van der Waals surface area contributed by atoms with Gasteiger partial charge in [0, 0.05) is 42.1 Å². The topological polar surface area (TPSA) is 77.9 Å². The highest BCUT2D eigenvalue weighted by Gasteiger charge is 2.36. The third-order valence-electron chi connectivity index (χ3n) is 5.99. The molecule has 0 saturated carbocycles. The Balaban J connectivity index is 1.81. The Bertz CT molecular complexity index is 1390. The molecule has 7 nitrogen and oxygen atoms in total. The number of carbonyl (C=O) groups excluding carboxylic acids is 2. The summed E-state index contributed by atoms with van der Waals surface area (Å²) in [7, 11) is 1.92. The number of thiol groups is 1. The predicted octanol–water partition coefficient (Wildman–Crippen LogP) is 6.14. The fraction of sp³-hybridized carbons (Fsp3) is 0.214. The number of hydrogen-bond acceptors (Lipinski definition) is 8. The monoisotopic (exact) mass is 531 g/mol. The maximum Gasteiger partial charge on any atom is 0.268 e. The van der Waals surface area contributed by atoms with E-state index in [2.05, 4.69) is 22.9 Å². The number of benzene rings is 2. The third-order valence-corrected chi connectivity index (χ3v) is 7.54. The lowest BCUT2D eigenvalue weighted by molar-refractivity contribution is -0.122. The number of hydrogen-bond donors (Lipinski definition) is 2. The number of anilines is 2. The molecule has 1 N–H and O–H groups in total. The van der Waals surface area contributed by atoms with E-state index in [4.69, 9.17) is 4.99 Å². The van der Waals surface area contributed by atoms with Crippen molar-refractivity contribution in [3.05, 3.63) is 88.7 Å². The van der Waals surface area contributed by atoms with Crippen molar-refractivity contribution in [2.24, 2.45) is 4.99 Å². The van der Waals surface area contributed by atoms with Gasteiger partial charge in [0.2, 0.25) is 0 Å². The summed E-state index contributed by atoms with van der Waals surface area (Å²) in [6.45, 7) is 6.47. The van der Waals surface area contributed by atoms with Gasteiger partial charge in [0.15, 0.2) is 11.0 Å². The molecule has 1 saturated heterocycles. The van der Waals surface area contributed by atoms with Crippen molar-refractivity contribution >= 4 is 58.3 Å². The zero-order chi connectivity index (χ0) is 26.5. The van der Waals surface area contributed by atoms with Crippen molar-refractivity contribution in [3.63, 3.8) is 0 Å². The zero-order valence-electron chi connectivity index (χ0n) is 21.2. The SMILES string of the molecule is CCNc1ccc(C(C)=O)cc1N=C1S/C(=C(\C)N(C)c2ccccc2S)C(=O)N1Cc1cccnc1. The minimum Gasteiger partial charge on any atom is -0.384 e. The summed E-state index contributed by atoms with van der Waals surface area (Å²) < 4.78 is 0. The van der Waals surface area contributed by atoms with Crippen molar-refractivity contribution in [1.82, 2.24) is 9.88 Å². The maximum atomic E-state index is 13.8. The number of allylic oxidation sites excluding steroid dienone is 1. The molecular formula is C28H29N5O2S2. The number of para-hydroxylation sites is 1. The van der Waals surface area contributed by atoms with Crippen molar-refractivity contribution in [2.75, 3.05) is 23.8 Å². The first-order valence-corrected chi connectivity index (χ1v) is 13.1. The fourth-order valence-electron chi connectivity index (χ4n) is 3.89. The Kier molecular flexibility index (Phi) is 8.35. The van der Waals surface area contributed by atoms with Crippen LogP contribution < -0.4 is 10.2 Å². The van der Waals surface area contributed by atoms with Crippen molar-refractivity contribution in [2.45, 2.75) is 32.2 Å². The third kappa shape index (κ3) is 5.89. The van der Waals surface area contributed by atoms with Gasteiger partial charge in [-0.05, 0) is 74.5 Å². The second-order valence-corrected chi connectivity index (χ2v) is 9.99. The van der Waals surface area contributed by atoms with Crippen LogP contribution in [0, 0.1) is 0 Å². The number of aromatic nitrogens is 1. The number of carbonyl (C=O) groups is 2. The van der Waals surface area contributed by atoms with Crippen LogP contribution in [0.25, 0.3) is 0 Å². The zero-order valence-corrected chi connectivity index (χ0v) is 22.9. The number of aliphatic imine (C=N–C) groups is 1. The Labute approximate surface area is 227 Å². The van der Waals surface area contributed by atoms with Gasteiger partial charge in [0.25, 0.3) is 5.91 Å².